The maximum Gasteiger partial charge on any atom is 0.421 e. The molecule has 23 heavy (non-hydrogen) atoms. The molecule has 0 saturated carbocycles. The van der Waals surface area contributed by atoms with Crippen LogP contribution in [0.5, 0.6) is 5.75 Å². The van der Waals surface area contributed by atoms with E-state index in [1.54, 1.807) is 12.1 Å². The fourth-order valence-corrected chi connectivity index (χ4v) is 2.36. The van der Waals surface area contributed by atoms with Crippen LogP contribution >= 0.6 is 0 Å². The highest BCUT2D eigenvalue weighted by atomic mass is 16.6. The maximum absolute atomic E-state index is 12.6. The standard InChI is InChI=1S/C18H23NO4/c1-5-8-13-9-7-10-14-16(13)23-15(6-2)17(20)19(14)18(21)22-11-12(3)4/h5,7-10,12,15H,6,11H2,1-4H3/b8-5-. The fourth-order valence-electron chi connectivity index (χ4n) is 2.36. The maximum atomic E-state index is 12.6. The molecule has 1 heterocycles. The van der Waals surface area contributed by atoms with Gasteiger partial charge in [-0.2, -0.15) is 0 Å². The van der Waals surface area contributed by atoms with Crippen LogP contribution in [-0.4, -0.2) is 24.7 Å². The lowest BCUT2D eigenvalue weighted by atomic mass is 10.1. The van der Waals surface area contributed by atoms with Gasteiger partial charge in [0.05, 0.1) is 12.3 Å². The molecule has 5 heteroatoms. The van der Waals surface area contributed by atoms with Crippen LogP contribution in [-0.2, 0) is 9.53 Å². The summed E-state index contributed by atoms with van der Waals surface area (Å²) in [6.45, 7) is 7.91. The average Bonchev–Trinajstić information content (AvgIpc) is 2.52. The lowest BCUT2D eigenvalue weighted by Crippen LogP contribution is -2.49. The number of carbonyl (C=O) groups excluding carboxylic acids is 2. The molecule has 0 saturated heterocycles. The third kappa shape index (κ3) is 3.55. The minimum absolute atomic E-state index is 0.200. The van der Waals surface area contributed by atoms with Crippen LogP contribution in [0.3, 0.4) is 0 Å². The monoisotopic (exact) mass is 317 g/mol. The van der Waals surface area contributed by atoms with Gasteiger partial charge in [-0.15, -0.1) is 0 Å². The van der Waals surface area contributed by atoms with Gasteiger partial charge in [0.15, 0.2) is 11.9 Å². The summed E-state index contributed by atoms with van der Waals surface area (Å²) in [6.07, 6.45) is 2.93. The lowest BCUT2D eigenvalue weighted by molar-refractivity contribution is -0.126. The number of nitrogens with zero attached hydrogens (tertiary/aromatic N) is 1. The summed E-state index contributed by atoms with van der Waals surface area (Å²) >= 11 is 0. The van der Waals surface area contributed by atoms with Crippen molar-refractivity contribution in [3.63, 3.8) is 0 Å². The van der Waals surface area contributed by atoms with Crippen LogP contribution < -0.4 is 9.64 Å². The van der Waals surface area contributed by atoms with Gasteiger partial charge < -0.3 is 9.47 Å². The number of rotatable bonds is 4. The second-order valence-corrected chi connectivity index (χ2v) is 5.85. The van der Waals surface area contributed by atoms with Crippen molar-refractivity contribution in [3.8, 4) is 5.75 Å². The van der Waals surface area contributed by atoms with E-state index in [0.29, 0.717) is 17.9 Å². The number of ether oxygens (including phenoxy) is 2. The number of imide groups is 1. The lowest BCUT2D eigenvalue weighted by Gasteiger charge is -2.33. The second kappa shape index (κ2) is 7.31. The van der Waals surface area contributed by atoms with Gasteiger partial charge in [0.25, 0.3) is 5.91 Å². The Bertz CT molecular complexity index is 621. The van der Waals surface area contributed by atoms with Crippen molar-refractivity contribution in [1.82, 2.24) is 0 Å². The van der Waals surface area contributed by atoms with Crippen LogP contribution in [0.25, 0.3) is 6.08 Å². The zero-order chi connectivity index (χ0) is 17.0. The van der Waals surface area contributed by atoms with Crippen molar-refractivity contribution in [3.05, 3.63) is 29.8 Å². The van der Waals surface area contributed by atoms with E-state index < -0.39 is 12.2 Å². The molecular formula is C18H23NO4. The molecule has 5 nitrogen and oxygen atoms in total. The van der Waals surface area contributed by atoms with Gasteiger partial charge in [0, 0.05) is 5.56 Å². The van der Waals surface area contributed by atoms with Gasteiger partial charge in [-0.3, -0.25) is 4.79 Å². The van der Waals surface area contributed by atoms with Gasteiger partial charge in [-0.1, -0.05) is 45.1 Å². The molecule has 0 radical (unpaired) electrons. The molecule has 2 amide bonds. The first-order valence-electron chi connectivity index (χ1n) is 7.92. The number of hydrogen-bond donors (Lipinski definition) is 0. The number of amides is 2. The quantitative estimate of drug-likeness (QED) is 0.841. The Labute approximate surface area is 136 Å². The van der Waals surface area contributed by atoms with Crippen LogP contribution in [0.1, 0.15) is 39.7 Å². The SMILES string of the molecule is C/C=C\c1cccc2c1OC(CC)C(=O)N2C(=O)OCC(C)C. The molecule has 124 valence electrons. The Morgan fingerprint density at radius 3 is 2.78 bits per heavy atom. The fraction of sp³-hybridized carbons (Fsp3) is 0.444. The summed E-state index contributed by atoms with van der Waals surface area (Å²) in [4.78, 5) is 26.1. The van der Waals surface area contributed by atoms with Crippen LogP contribution in [0.15, 0.2) is 24.3 Å². The molecule has 1 atom stereocenters. The molecule has 1 aliphatic heterocycles. The third-order valence-corrected chi connectivity index (χ3v) is 3.46. The van der Waals surface area contributed by atoms with Crippen molar-refractivity contribution in [2.75, 3.05) is 11.5 Å². The average molecular weight is 317 g/mol. The molecule has 1 aromatic carbocycles. The van der Waals surface area contributed by atoms with E-state index in [0.717, 1.165) is 10.5 Å². The molecule has 0 aromatic heterocycles. The highest BCUT2D eigenvalue weighted by molar-refractivity contribution is 6.16. The normalized spacial score (nSPS) is 17.3. The predicted octanol–water partition coefficient (Wildman–Crippen LogP) is 4.02. The molecule has 0 fully saturated rings. The molecule has 2 rings (SSSR count). The summed E-state index contributed by atoms with van der Waals surface area (Å²) in [6, 6.07) is 5.38. The first-order valence-corrected chi connectivity index (χ1v) is 7.92. The summed E-state index contributed by atoms with van der Waals surface area (Å²) < 4.78 is 11.1. The third-order valence-electron chi connectivity index (χ3n) is 3.46. The van der Waals surface area contributed by atoms with Crippen LogP contribution in [0.2, 0.25) is 0 Å². The van der Waals surface area contributed by atoms with E-state index >= 15 is 0 Å². The molecule has 1 aromatic rings. The minimum Gasteiger partial charge on any atom is -0.478 e. The number of benzene rings is 1. The number of hydrogen-bond acceptors (Lipinski definition) is 4. The van der Waals surface area contributed by atoms with E-state index in [1.807, 2.05) is 45.9 Å². The van der Waals surface area contributed by atoms with Crippen molar-refractivity contribution < 1.29 is 19.1 Å². The Kier molecular flexibility index (Phi) is 5.42. The number of anilines is 1. The molecule has 0 bridgehead atoms. The Morgan fingerprint density at radius 1 is 1.43 bits per heavy atom. The summed E-state index contributed by atoms with van der Waals surface area (Å²) in [5.41, 5.74) is 1.27. The molecular weight excluding hydrogens is 294 g/mol. The van der Waals surface area contributed by atoms with E-state index in [-0.39, 0.29) is 18.4 Å². The van der Waals surface area contributed by atoms with Gasteiger partial charge in [0.2, 0.25) is 0 Å². The largest absolute Gasteiger partial charge is 0.478 e. The molecule has 1 aliphatic rings. The van der Waals surface area contributed by atoms with Crippen LogP contribution in [0.4, 0.5) is 10.5 Å². The summed E-state index contributed by atoms with van der Waals surface area (Å²) in [5, 5.41) is 0. The summed E-state index contributed by atoms with van der Waals surface area (Å²) in [7, 11) is 0. The Hall–Kier alpha value is -2.30. The van der Waals surface area contributed by atoms with Crippen molar-refractivity contribution in [1.29, 1.82) is 0 Å². The van der Waals surface area contributed by atoms with Gasteiger partial charge >= 0.3 is 6.09 Å². The van der Waals surface area contributed by atoms with Gasteiger partial charge in [0.1, 0.15) is 0 Å². The number of fused-ring (bicyclic) bond motifs is 1. The minimum atomic E-state index is -0.680. The van der Waals surface area contributed by atoms with Crippen LogP contribution in [0, 0.1) is 5.92 Å². The van der Waals surface area contributed by atoms with Gasteiger partial charge in [-0.25, -0.2) is 9.69 Å². The predicted molar refractivity (Wildman–Crippen MR) is 89.5 cm³/mol. The van der Waals surface area contributed by atoms with Crippen molar-refractivity contribution in [2.45, 2.75) is 40.2 Å². The topological polar surface area (TPSA) is 55.8 Å². The highest BCUT2D eigenvalue weighted by Gasteiger charge is 2.39. The highest BCUT2D eigenvalue weighted by Crippen LogP contribution is 2.38. The Morgan fingerprint density at radius 2 is 2.17 bits per heavy atom. The first kappa shape index (κ1) is 17.1. The molecule has 0 aliphatic carbocycles. The Balaban J connectivity index is 2.44. The molecule has 0 spiro atoms. The first-order chi connectivity index (χ1) is 11.0. The summed E-state index contributed by atoms with van der Waals surface area (Å²) in [5.74, 6) is 0.357. The van der Waals surface area contributed by atoms with Crippen molar-refractivity contribution in [2.24, 2.45) is 5.92 Å². The van der Waals surface area contributed by atoms with Gasteiger partial charge in [-0.05, 0) is 25.3 Å². The van der Waals surface area contributed by atoms with E-state index in [9.17, 15) is 9.59 Å². The zero-order valence-corrected chi connectivity index (χ0v) is 14.0. The number of carbonyl (C=O) groups is 2. The number of allylic oxidation sites excluding steroid dienone is 1. The smallest absolute Gasteiger partial charge is 0.421 e. The van der Waals surface area contributed by atoms with E-state index in [1.165, 1.54) is 0 Å². The molecule has 0 N–H and O–H groups in total. The van der Waals surface area contributed by atoms with E-state index in [4.69, 9.17) is 9.47 Å². The number of para-hydroxylation sites is 1. The molecule has 1 unspecified atom stereocenters. The zero-order valence-electron chi connectivity index (χ0n) is 14.0. The van der Waals surface area contributed by atoms with Crippen molar-refractivity contribution >= 4 is 23.8 Å². The van der Waals surface area contributed by atoms with E-state index in [2.05, 4.69) is 0 Å². The second-order valence-electron chi connectivity index (χ2n) is 5.85.